The highest BCUT2D eigenvalue weighted by Crippen LogP contribution is 1.95. The lowest BCUT2D eigenvalue weighted by atomic mass is 10.3. The Morgan fingerprint density at radius 1 is 1.46 bits per heavy atom. The van der Waals surface area contributed by atoms with Crippen molar-refractivity contribution in [1.82, 2.24) is 9.97 Å². The van der Waals surface area contributed by atoms with Gasteiger partial charge in [0.15, 0.2) is 0 Å². The molecule has 0 aromatic carbocycles. The molecule has 0 saturated carbocycles. The lowest BCUT2D eigenvalue weighted by Gasteiger charge is -1.93. The van der Waals surface area contributed by atoms with E-state index in [1.165, 1.54) is 0 Å². The number of aromatic nitrogens is 2. The fourth-order valence-corrected chi connectivity index (χ4v) is 0.771. The van der Waals surface area contributed by atoms with E-state index in [0.717, 1.165) is 12.0 Å². The normalized spacial score (nSPS) is 11.6. The van der Waals surface area contributed by atoms with E-state index < -0.39 is 6.10 Å². The van der Waals surface area contributed by atoms with Crippen LogP contribution in [0.2, 0.25) is 0 Å². The molecule has 1 aromatic heterocycles. The molecule has 1 N–H and O–H groups in total. The highest BCUT2D eigenvalue weighted by molar-refractivity contribution is 5.22. The van der Waals surface area contributed by atoms with Gasteiger partial charge in [0.2, 0.25) is 5.82 Å². The minimum atomic E-state index is -0.630. The molecule has 0 saturated heterocycles. The molecule has 0 aliphatic rings. The van der Waals surface area contributed by atoms with Gasteiger partial charge in [0.25, 0.3) is 0 Å². The van der Waals surface area contributed by atoms with Crippen LogP contribution in [0.3, 0.4) is 0 Å². The van der Waals surface area contributed by atoms with Crippen LogP contribution in [0.25, 0.3) is 0 Å². The first-order valence-electron chi connectivity index (χ1n) is 4.23. The summed E-state index contributed by atoms with van der Waals surface area (Å²) < 4.78 is 0. The van der Waals surface area contributed by atoms with Crippen LogP contribution in [0.4, 0.5) is 0 Å². The van der Waals surface area contributed by atoms with Gasteiger partial charge in [-0.15, -0.1) is 0 Å². The van der Waals surface area contributed by atoms with E-state index in [2.05, 4.69) is 21.8 Å². The smallest absolute Gasteiger partial charge is 0.204 e. The van der Waals surface area contributed by atoms with Crippen molar-refractivity contribution in [2.75, 3.05) is 0 Å². The fourth-order valence-electron chi connectivity index (χ4n) is 0.771. The molecule has 1 rings (SSSR count). The molecule has 1 heterocycles. The molecule has 0 spiro atoms. The SMILES string of the molecule is CCc1cnc(C#C[C@H](C)O)nc1. The van der Waals surface area contributed by atoms with Gasteiger partial charge in [-0.3, -0.25) is 0 Å². The van der Waals surface area contributed by atoms with Crippen molar-refractivity contribution in [3.8, 4) is 11.8 Å². The number of hydrogen-bond acceptors (Lipinski definition) is 3. The number of aryl methyl sites for hydroxylation is 1. The molecular weight excluding hydrogens is 164 g/mol. The van der Waals surface area contributed by atoms with Gasteiger partial charge in [0.05, 0.1) is 0 Å². The monoisotopic (exact) mass is 176 g/mol. The van der Waals surface area contributed by atoms with Gasteiger partial charge >= 0.3 is 0 Å². The second-order valence-electron chi connectivity index (χ2n) is 2.71. The molecule has 0 amide bonds. The minimum Gasteiger partial charge on any atom is -0.381 e. The van der Waals surface area contributed by atoms with Gasteiger partial charge in [0, 0.05) is 12.4 Å². The fraction of sp³-hybridized carbons (Fsp3) is 0.400. The number of nitrogens with zero attached hydrogens (tertiary/aromatic N) is 2. The number of aliphatic hydroxyl groups is 1. The number of hydrogen-bond donors (Lipinski definition) is 1. The van der Waals surface area contributed by atoms with E-state index in [9.17, 15) is 0 Å². The zero-order chi connectivity index (χ0) is 9.68. The summed E-state index contributed by atoms with van der Waals surface area (Å²) in [7, 11) is 0. The van der Waals surface area contributed by atoms with E-state index >= 15 is 0 Å². The van der Waals surface area contributed by atoms with Gasteiger partial charge in [-0.1, -0.05) is 12.8 Å². The van der Waals surface area contributed by atoms with Crippen LogP contribution in [-0.2, 0) is 6.42 Å². The van der Waals surface area contributed by atoms with Crippen LogP contribution in [0.1, 0.15) is 25.2 Å². The molecule has 1 atom stereocenters. The van der Waals surface area contributed by atoms with Gasteiger partial charge in [0.1, 0.15) is 6.10 Å². The Kier molecular flexibility index (Phi) is 3.41. The van der Waals surface area contributed by atoms with Gasteiger partial charge in [-0.25, -0.2) is 9.97 Å². The van der Waals surface area contributed by atoms with Crippen molar-refractivity contribution < 1.29 is 5.11 Å². The first kappa shape index (κ1) is 9.69. The lowest BCUT2D eigenvalue weighted by molar-refractivity contribution is 0.253. The molecule has 0 aliphatic carbocycles. The molecule has 13 heavy (non-hydrogen) atoms. The molecule has 1 aromatic rings. The van der Waals surface area contributed by atoms with E-state index in [1.807, 2.05) is 6.92 Å². The molecule has 0 unspecified atom stereocenters. The van der Waals surface area contributed by atoms with Crippen LogP contribution in [0.5, 0.6) is 0 Å². The first-order chi connectivity index (χ1) is 6.22. The molecule has 0 radical (unpaired) electrons. The van der Waals surface area contributed by atoms with Crippen molar-refractivity contribution in [1.29, 1.82) is 0 Å². The number of rotatable bonds is 1. The molecule has 3 heteroatoms. The Morgan fingerprint density at radius 2 is 2.08 bits per heavy atom. The molecule has 0 bridgehead atoms. The summed E-state index contributed by atoms with van der Waals surface area (Å²) >= 11 is 0. The molecule has 68 valence electrons. The van der Waals surface area contributed by atoms with Gasteiger partial charge < -0.3 is 5.11 Å². The van der Waals surface area contributed by atoms with Crippen molar-refractivity contribution in [3.63, 3.8) is 0 Å². The first-order valence-corrected chi connectivity index (χ1v) is 4.23. The summed E-state index contributed by atoms with van der Waals surface area (Å²) in [5.74, 6) is 5.71. The van der Waals surface area contributed by atoms with Crippen LogP contribution < -0.4 is 0 Å². The van der Waals surface area contributed by atoms with Crippen molar-refractivity contribution >= 4 is 0 Å². The van der Waals surface area contributed by atoms with E-state index in [4.69, 9.17) is 5.11 Å². The summed E-state index contributed by atoms with van der Waals surface area (Å²) in [6.07, 6.45) is 3.79. The third kappa shape index (κ3) is 3.22. The lowest BCUT2D eigenvalue weighted by Crippen LogP contribution is -1.95. The van der Waals surface area contributed by atoms with Crippen LogP contribution >= 0.6 is 0 Å². The van der Waals surface area contributed by atoms with E-state index in [0.29, 0.717) is 5.82 Å². The molecular formula is C10H12N2O. The molecule has 0 aliphatic heterocycles. The predicted molar refractivity (Wildman–Crippen MR) is 50.0 cm³/mol. The number of aliphatic hydroxyl groups excluding tert-OH is 1. The van der Waals surface area contributed by atoms with Crippen molar-refractivity contribution in [2.24, 2.45) is 0 Å². The maximum Gasteiger partial charge on any atom is 0.204 e. The average Bonchev–Trinajstić information content (AvgIpc) is 2.15. The maximum atomic E-state index is 8.89. The molecule has 0 fully saturated rings. The Hall–Kier alpha value is -1.40. The Labute approximate surface area is 77.9 Å². The Morgan fingerprint density at radius 3 is 2.54 bits per heavy atom. The summed E-state index contributed by atoms with van der Waals surface area (Å²) in [6, 6.07) is 0. The van der Waals surface area contributed by atoms with E-state index in [1.54, 1.807) is 19.3 Å². The van der Waals surface area contributed by atoms with Gasteiger partial charge in [-0.05, 0) is 24.8 Å². The molecule has 3 nitrogen and oxygen atoms in total. The second kappa shape index (κ2) is 4.58. The van der Waals surface area contributed by atoms with Crippen LogP contribution in [0.15, 0.2) is 12.4 Å². The zero-order valence-electron chi connectivity index (χ0n) is 7.78. The topological polar surface area (TPSA) is 46.0 Å². The van der Waals surface area contributed by atoms with Crippen molar-refractivity contribution in [3.05, 3.63) is 23.8 Å². The summed E-state index contributed by atoms with van der Waals surface area (Å²) in [4.78, 5) is 8.05. The predicted octanol–water partition coefficient (Wildman–Crippen LogP) is 0.771. The van der Waals surface area contributed by atoms with Crippen LogP contribution in [0, 0.1) is 11.8 Å². The van der Waals surface area contributed by atoms with E-state index in [-0.39, 0.29) is 0 Å². The summed E-state index contributed by atoms with van der Waals surface area (Å²) in [5, 5.41) is 8.89. The zero-order valence-corrected chi connectivity index (χ0v) is 7.78. The van der Waals surface area contributed by atoms with Gasteiger partial charge in [-0.2, -0.15) is 0 Å². The third-order valence-corrected chi connectivity index (χ3v) is 1.51. The third-order valence-electron chi connectivity index (χ3n) is 1.51. The average molecular weight is 176 g/mol. The standard InChI is InChI=1S/C10H12N2O/c1-3-9-6-11-10(12-7-9)5-4-8(2)13/h6-8,13H,3H2,1-2H3/t8-/m0/s1. The Bertz CT molecular complexity index is 319. The van der Waals surface area contributed by atoms with Crippen LogP contribution in [-0.4, -0.2) is 21.2 Å². The largest absolute Gasteiger partial charge is 0.381 e. The summed E-state index contributed by atoms with van der Waals surface area (Å²) in [5.41, 5.74) is 1.09. The Balaban J connectivity index is 2.77. The quantitative estimate of drug-likeness (QED) is 0.643. The highest BCUT2D eigenvalue weighted by Gasteiger charge is 1.92. The van der Waals surface area contributed by atoms with Crippen molar-refractivity contribution in [2.45, 2.75) is 26.4 Å². The second-order valence-corrected chi connectivity index (χ2v) is 2.71. The minimum absolute atomic E-state index is 0.457. The summed E-state index contributed by atoms with van der Waals surface area (Å²) in [6.45, 7) is 3.65. The highest BCUT2D eigenvalue weighted by atomic mass is 16.3. The maximum absolute atomic E-state index is 8.89.